The molecule has 1 aromatic heterocycles. The van der Waals surface area contributed by atoms with Gasteiger partial charge in [0.2, 0.25) is 0 Å². The number of rotatable bonds is 9. The standard InChI is InChI=1S/C28H29N3O4/c1-3-35-26-12-11-19(15-24(26)28(34)29-2)18-7-6-8-20(13-18)27(33)31-22(17-32)14-21-16-30-25-10-5-4-9-23(21)25/h4-13,15-16,22,30,32H,3,14,17H2,1-2H3,(H,29,34)(H,31,33)/t22-/m1/s1. The summed E-state index contributed by atoms with van der Waals surface area (Å²) in [5.41, 5.74) is 4.53. The van der Waals surface area contributed by atoms with Crippen LogP contribution in [0, 0.1) is 0 Å². The molecule has 4 rings (SSSR count). The maximum Gasteiger partial charge on any atom is 0.254 e. The Bertz CT molecular complexity index is 1350. The van der Waals surface area contributed by atoms with Gasteiger partial charge in [-0.15, -0.1) is 0 Å². The summed E-state index contributed by atoms with van der Waals surface area (Å²) in [6.45, 7) is 2.13. The molecule has 3 aromatic carbocycles. The number of aliphatic hydroxyl groups is 1. The number of aromatic amines is 1. The highest BCUT2D eigenvalue weighted by atomic mass is 16.5. The molecule has 0 aliphatic heterocycles. The lowest BCUT2D eigenvalue weighted by Gasteiger charge is -2.17. The molecule has 0 bridgehead atoms. The zero-order valence-corrected chi connectivity index (χ0v) is 19.8. The number of amides is 2. The number of ether oxygens (including phenoxy) is 1. The summed E-state index contributed by atoms with van der Waals surface area (Å²) >= 11 is 0. The van der Waals surface area contributed by atoms with Crippen LogP contribution in [0.2, 0.25) is 0 Å². The molecular formula is C28H29N3O4. The molecule has 0 saturated heterocycles. The largest absolute Gasteiger partial charge is 0.493 e. The van der Waals surface area contributed by atoms with Gasteiger partial charge in [0.25, 0.3) is 11.8 Å². The summed E-state index contributed by atoms with van der Waals surface area (Å²) in [6, 6.07) is 20.1. The van der Waals surface area contributed by atoms with E-state index in [-0.39, 0.29) is 18.4 Å². The fourth-order valence-electron chi connectivity index (χ4n) is 4.14. The van der Waals surface area contributed by atoms with E-state index in [1.54, 1.807) is 37.4 Å². The van der Waals surface area contributed by atoms with Gasteiger partial charge in [0.15, 0.2) is 0 Å². The molecule has 0 radical (unpaired) electrons. The van der Waals surface area contributed by atoms with Gasteiger partial charge < -0.3 is 25.5 Å². The summed E-state index contributed by atoms with van der Waals surface area (Å²) in [4.78, 5) is 28.6. The van der Waals surface area contributed by atoms with E-state index in [1.165, 1.54) is 0 Å². The van der Waals surface area contributed by atoms with Crippen LogP contribution >= 0.6 is 0 Å². The van der Waals surface area contributed by atoms with Gasteiger partial charge in [-0.3, -0.25) is 9.59 Å². The topological polar surface area (TPSA) is 103 Å². The SMILES string of the molecule is CCOc1ccc(-c2cccc(C(=O)N[C@@H](CO)Cc3c[nH]c4ccccc34)c2)cc1C(=O)NC. The van der Waals surface area contributed by atoms with E-state index in [0.717, 1.165) is 27.6 Å². The molecule has 0 fully saturated rings. The third-order valence-corrected chi connectivity index (χ3v) is 5.91. The minimum atomic E-state index is -0.435. The molecule has 0 unspecified atom stereocenters. The Labute approximate surface area is 204 Å². The maximum absolute atomic E-state index is 13.0. The predicted octanol–water partition coefficient (Wildman–Crippen LogP) is 3.93. The Balaban J connectivity index is 1.54. The molecule has 7 nitrogen and oxygen atoms in total. The van der Waals surface area contributed by atoms with Crippen molar-refractivity contribution in [2.75, 3.05) is 20.3 Å². The van der Waals surface area contributed by atoms with Crippen molar-refractivity contribution < 1.29 is 19.4 Å². The molecule has 0 saturated carbocycles. The van der Waals surface area contributed by atoms with E-state index >= 15 is 0 Å². The second kappa shape index (κ2) is 10.9. The van der Waals surface area contributed by atoms with E-state index in [4.69, 9.17) is 4.74 Å². The van der Waals surface area contributed by atoms with Gasteiger partial charge in [-0.2, -0.15) is 0 Å². The Morgan fingerprint density at radius 2 is 1.80 bits per heavy atom. The molecule has 180 valence electrons. The van der Waals surface area contributed by atoms with Crippen LogP contribution in [0.4, 0.5) is 0 Å². The number of aliphatic hydroxyl groups excluding tert-OH is 1. The Hall–Kier alpha value is -4.10. The fourth-order valence-corrected chi connectivity index (χ4v) is 4.14. The van der Waals surface area contributed by atoms with Crippen LogP contribution < -0.4 is 15.4 Å². The van der Waals surface area contributed by atoms with Gasteiger partial charge in [-0.25, -0.2) is 0 Å². The van der Waals surface area contributed by atoms with Gasteiger partial charge in [-0.05, 0) is 60.4 Å². The Morgan fingerprint density at radius 3 is 2.57 bits per heavy atom. The van der Waals surface area contributed by atoms with Crippen LogP contribution in [-0.4, -0.2) is 48.2 Å². The van der Waals surface area contributed by atoms with E-state index < -0.39 is 6.04 Å². The normalized spacial score (nSPS) is 11.7. The lowest BCUT2D eigenvalue weighted by Crippen LogP contribution is -2.39. The first kappa shape index (κ1) is 24.0. The third-order valence-electron chi connectivity index (χ3n) is 5.91. The van der Waals surface area contributed by atoms with Crippen molar-refractivity contribution in [1.82, 2.24) is 15.6 Å². The average Bonchev–Trinajstić information content (AvgIpc) is 3.31. The molecule has 4 aromatic rings. The highest BCUT2D eigenvalue weighted by Gasteiger charge is 2.17. The average molecular weight is 472 g/mol. The maximum atomic E-state index is 13.0. The highest BCUT2D eigenvalue weighted by molar-refractivity contribution is 5.99. The lowest BCUT2D eigenvalue weighted by atomic mass is 9.99. The van der Waals surface area contributed by atoms with Crippen molar-refractivity contribution in [2.45, 2.75) is 19.4 Å². The zero-order valence-electron chi connectivity index (χ0n) is 19.8. The van der Waals surface area contributed by atoms with Gasteiger partial charge >= 0.3 is 0 Å². The summed E-state index contributed by atoms with van der Waals surface area (Å²) in [5.74, 6) is -0.0111. The number of aromatic nitrogens is 1. The van der Waals surface area contributed by atoms with Crippen molar-refractivity contribution in [2.24, 2.45) is 0 Å². The van der Waals surface area contributed by atoms with Crippen LogP contribution in [0.5, 0.6) is 5.75 Å². The van der Waals surface area contributed by atoms with Gasteiger partial charge in [-0.1, -0.05) is 36.4 Å². The Kier molecular flexibility index (Phi) is 7.48. The number of fused-ring (bicyclic) bond motifs is 1. The van der Waals surface area contributed by atoms with E-state index in [9.17, 15) is 14.7 Å². The third kappa shape index (κ3) is 5.36. The minimum Gasteiger partial charge on any atom is -0.493 e. The monoisotopic (exact) mass is 471 g/mol. The van der Waals surface area contributed by atoms with Crippen LogP contribution in [0.25, 0.3) is 22.0 Å². The molecule has 0 aliphatic rings. The molecule has 1 atom stereocenters. The van der Waals surface area contributed by atoms with Crippen molar-refractivity contribution >= 4 is 22.7 Å². The molecule has 0 spiro atoms. The fraction of sp³-hybridized carbons (Fsp3) is 0.214. The lowest BCUT2D eigenvalue weighted by molar-refractivity contribution is 0.0915. The van der Waals surface area contributed by atoms with Gasteiger partial charge in [0, 0.05) is 29.7 Å². The first-order chi connectivity index (χ1) is 17.0. The predicted molar refractivity (Wildman–Crippen MR) is 137 cm³/mol. The highest BCUT2D eigenvalue weighted by Crippen LogP contribution is 2.28. The second-order valence-electron chi connectivity index (χ2n) is 8.22. The minimum absolute atomic E-state index is 0.181. The van der Waals surface area contributed by atoms with Gasteiger partial charge in [0.1, 0.15) is 5.75 Å². The summed E-state index contributed by atoms with van der Waals surface area (Å²) in [6.07, 6.45) is 2.41. The van der Waals surface area contributed by atoms with Crippen LogP contribution in [-0.2, 0) is 6.42 Å². The van der Waals surface area contributed by atoms with Crippen molar-refractivity contribution in [3.63, 3.8) is 0 Å². The molecule has 0 aliphatic carbocycles. The molecular weight excluding hydrogens is 442 g/mol. The molecule has 7 heteroatoms. The number of H-pyrrole nitrogens is 1. The summed E-state index contributed by atoms with van der Waals surface area (Å²) < 4.78 is 5.59. The number of hydrogen-bond acceptors (Lipinski definition) is 4. The molecule has 35 heavy (non-hydrogen) atoms. The first-order valence-electron chi connectivity index (χ1n) is 11.6. The summed E-state index contributed by atoms with van der Waals surface area (Å²) in [5, 5.41) is 16.6. The quantitative estimate of drug-likeness (QED) is 0.297. The number of benzene rings is 3. The van der Waals surface area contributed by atoms with E-state index in [0.29, 0.717) is 29.9 Å². The van der Waals surface area contributed by atoms with Crippen LogP contribution in [0.15, 0.2) is 72.9 Å². The molecule has 1 heterocycles. The second-order valence-corrected chi connectivity index (χ2v) is 8.22. The van der Waals surface area contributed by atoms with Crippen LogP contribution in [0.3, 0.4) is 0 Å². The van der Waals surface area contributed by atoms with Crippen molar-refractivity contribution in [3.05, 3.63) is 89.6 Å². The molecule has 2 amide bonds. The smallest absolute Gasteiger partial charge is 0.254 e. The zero-order chi connectivity index (χ0) is 24.8. The number of para-hydroxylation sites is 1. The number of carbonyl (C=O) groups is 2. The van der Waals surface area contributed by atoms with Crippen LogP contribution in [0.1, 0.15) is 33.2 Å². The first-order valence-corrected chi connectivity index (χ1v) is 11.6. The van der Waals surface area contributed by atoms with Crippen molar-refractivity contribution in [1.29, 1.82) is 0 Å². The van der Waals surface area contributed by atoms with Gasteiger partial charge in [0.05, 0.1) is 24.8 Å². The van der Waals surface area contributed by atoms with E-state index in [1.807, 2.05) is 49.5 Å². The molecule has 4 N–H and O–H groups in total. The van der Waals surface area contributed by atoms with Crippen molar-refractivity contribution in [3.8, 4) is 16.9 Å². The summed E-state index contributed by atoms with van der Waals surface area (Å²) in [7, 11) is 1.57. The van der Waals surface area contributed by atoms with E-state index in [2.05, 4.69) is 15.6 Å². The Morgan fingerprint density at radius 1 is 1.00 bits per heavy atom. The number of nitrogens with one attached hydrogen (secondary N) is 3. The number of hydrogen-bond donors (Lipinski definition) is 4. The number of carbonyl (C=O) groups excluding carboxylic acids is 2.